The lowest BCUT2D eigenvalue weighted by atomic mass is 10.1. The molecule has 0 bridgehead atoms. The molecule has 0 radical (unpaired) electrons. The smallest absolute Gasteiger partial charge is 0.256 e. The van der Waals surface area contributed by atoms with Crippen molar-refractivity contribution in [3.8, 4) is 11.3 Å². The summed E-state index contributed by atoms with van der Waals surface area (Å²) in [5.74, 6) is 0.468. The number of carbonyl (C=O) groups is 1. The van der Waals surface area contributed by atoms with Gasteiger partial charge in [0.2, 0.25) is 0 Å². The van der Waals surface area contributed by atoms with E-state index in [1.54, 1.807) is 0 Å². The molecular formula is C22H18ClN3O. The number of aromatic nitrogens is 2. The topological polar surface area (TPSA) is 46.4 Å². The fourth-order valence-corrected chi connectivity index (χ4v) is 3.09. The minimum absolute atomic E-state index is 0.173. The molecule has 2 aromatic carbocycles. The lowest BCUT2D eigenvalue weighted by molar-refractivity contribution is 0.102. The summed E-state index contributed by atoms with van der Waals surface area (Å²) in [6.07, 6.45) is 1.96. The van der Waals surface area contributed by atoms with Crippen LogP contribution in [0.1, 0.15) is 21.5 Å². The van der Waals surface area contributed by atoms with Crippen LogP contribution in [0.25, 0.3) is 16.9 Å². The van der Waals surface area contributed by atoms with Crippen LogP contribution in [0, 0.1) is 13.8 Å². The van der Waals surface area contributed by atoms with Gasteiger partial charge in [0, 0.05) is 22.3 Å². The number of nitrogens with zero attached hydrogens (tertiary/aromatic N) is 2. The Morgan fingerprint density at radius 3 is 2.30 bits per heavy atom. The molecule has 0 aliphatic carbocycles. The number of hydrogen-bond acceptors (Lipinski definition) is 2. The van der Waals surface area contributed by atoms with E-state index in [2.05, 4.69) is 5.32 Å². The van der Waals surface area contributed by atoms with Crippen LogP contribution in [0.3, 0.4) is 0 Å². The number of carbonyl (C=O) groups excluding carboxylic acids is 1. The molecule has 4 aromatic rings. The Hall–Kier alpha value is -3.11. The number of amides is 1. The molecule has 0 saturated heterocycles. The zero-order chi connectivity index (χ0) is 19.0. The van der Waals surface area contributed by atoms with Crippen molar-refractivity contribution in [3.05, 3.63) is 88.6 Å². The molecular weight excluding hydrogens is 358 g/mol. The Morgan fingerprint density at radius 2 is 1.59 bits per heavy atom. The lowest BCUT2D eigenvalue weighted by Crippen LogP contribution is -2.14. The zero-order valence-electron chi connectivity index (χ0n) is 15.0. The molecule has 4 rings (SSSR count). The molecule has 0 atom stereocenters. The van der Waals surface area contributed by atoms with Crippen molar-refractivity contribution >= 4 is 29.0 Å². The number of anilines is 1. The molecule has 4 nitrogen and oxygen atoms in total. The highest BCUT2D eigenvalue weighted by Gasteiger charge is 2.17. The van der Waals surface area contributed by atoms with E-state index < -0.39 is 0 Å². The van der Waals surface area contributed by atoms with Crippen LogP contribution in [0.15, 0.2) is 66.9 Å². The Labute approximate surface area is 162 Å². The van der Waals surface area contributed by atoms with Gasteiger partial charge in [-0.15, -0.1) is 0 Å². The molecule has 0 aliphatic heterocycles. The van der Waals surface area contributed by atoms with Crippen LogP contribution >= 0.6 is 11.6 Å². The van der Waals surface area contributed by atoms with Crippen molar-refractivity contribution in [2.24, 2.45) is 0 Å². The van der Waals surface area contributed by atoms with Crippen LogP contribution in [-0.4, -0.2) is 15.3 Å². The quantitative estimate of drug-likeness (QED) is 0.512. The van der Waals surface area contributed by atoms with Gasteiger partial charge >= 0.3 is 0 Å². The first kappa shape index (κ1) is 17.3. The van der Waals surface area contributed by atoms with Crippen LogP contribution in [0.4, 0.5) is 5.82 Å². The number of halogens is 1. The number of aryl methyl sites for hydroxylation is 2. The zero-order valence-corrected chi connectivity index (χ0v) is 15.8. The number of imidazole rings is 1. The highest BCUT2D eigenvalue weighted by atomic mass is 35.5. The van der Waals surface area contributed by atoms with Crippen molar-refractivity contribution in [2.45, 2.75) is 13.8 Å². The van der Waals surface area contributed by atoms with Gasteiger partial charge in [0.1, 0.15) is 17.2 Å². The lowest BCUT2D eigenvalue weighted by Gasteiger charge is -2.09. The van der Waals surface area contributed by atoms with E-state index in [0.717, 1.165) is 22.3 Å². The first-order valence-electron chi connectivity index (χ1n) is 8.64. The van der Waals surface area contributed by atoms with Crippen molar-refractivity contribution in [3.63, 3.8) is 0 Å². The maximum absolute atomic E-state index is 12.8. The third-order valence-corrected chi connectivity index (χ3v) is 4.68. The third-order valence-electron chi connectivity index (χ3n) is 4.43. The van der Waals surface area contributed by atoms with Gasteiger partial charge < -0.3 is 5.32 Å². The molecule has 0 unspecified atom stereocenters. The normalized spacial score (nSPS) is 10.9. The number of nitrogens with one attached hydrogen (secondary N) is 1. The second-order valence-electron chi connectivity index (χ2n) is 6.57. The van der Waals surface area contributed by atoms with Crippen molar-refractivity contribution in [1.82, 2.24) is 9.38 Å². The Balaban J connectivity index is 1.82. The van der Waals surface area contributed by atoms with Crippen LogP contribution in [-0.2, 0) is 0 Å². The summed E-state index contributed by atoms with van der Waals surface area (Å²) in [6.45, 7) is 4.00. The molecule has 134 valence electrons. The van der Waals surface area contributed by atoms with E-state index in [1.165, 1.54) is 0 Å². The number of fused-ring (bicyclic) bond motifs is 1. The van der Waals surface area contributed by atoms with E-state index in [-0.39, 0.29) is 5.91 Å². The molecule has 27 heavy (non-hydrogen) atoms. The molecule has 1 N–H and O–H groups in total. The highest BCUT2D eigenvalue weighted by Crippen LogP contribution is 2.30. The first-order valence-corrected chi connectivity index (χ1v) is 9.02. The second-order valence-corrected chi connectivity index (χ2v) is 7.01. The van der Waals surface area contributed by atoms with Gasteiger partial charge in [0.05, 0.1) is 0 Å². The number of benzene rings is 2. The fraction of sp³-hybridized carbons (Fsp3) is 0.0909. The van der Waals surface area contributed by atoms with Gasteiger partial charge in [-0.3, -0.25) is 9.20 Å². The second kappa shape index (κ2) is 6.89. The van der Waals surface area contributed by atoms with Crippen LogP contribution in [0.2, 0.25) is 5.02 Å². The number of rotatable bonds is 3. The predicted molar refractivity (Wildman–Crippen MR) is 110 cm³/mol. The number of hydrogen-bond donors (Lipinski definition) is 1. The maximum atomic E-state index is 12.8. The summed E-state index contributed by atoms with van der Waals surface area (Å²) in [7, 11) is 0. The van der Waals surface area contributed by atoms with Crippen molar-refractivity contribution in [1.29, 1.82) is 0 Å². The summed E-state index contributed by atoms with van der Waals surface area (Å²) >= 11 is 6.02. The molecule has 0 spiro atoms. The van der Waals surface area contributed by atoms with Gasteiger partial charge in [-0.1, -0.05) is 47.5 Å². The monoisotopic (exact) mass is 375 g/mol. The highest BCUT2D eigenvalue weighted by molar-refractivity contribution is 6.30. The van der Waals surface area contributed by atoms with E-state index in [4.69, 9.17) is 16.6 Å². The molecule has 2 heterocycles. The Kier molecular flexibility index (Phi) is 4.42. The number of pyridine rings is 1. The first-order chi connectivity index (χ1) is 13.0. The van der Waals surface area contributed by atoms with Crippen molar-refractivity contribution < 1.29 is 4.79 Å². The van der Waals surface area contributed by atoms with Gasteiger partial charge in [0.15, 0.2) is 0 Å². The predicted octanol–water partition coefficient (Wildman–Crippen LogP) is 5.52. The standard InChI is InChI=1S/C22H18ClN3O/c1-14-3-6-17(7-4-14)22(27)25-21-20(16-8-10-18(23)11-9-16)24-19-12-5-15(2)13-26(19)21/h3-13H,1-2H3,(H,25,27). The summed E-state index contributed by atoms with van der Waals surface area (Å²) < 4.78 is 1.91. The summed E-state index contributed by atoms with van der Waals surface area (Å²) in [6, 6.07) is 18.9. The molecule has 0 saturated carbocycles. The minimum atomic E-state index is -0.173. The maximum Gasteiger partial charge on any atom is 0.256 e. The van der Waals surface area contributed by atoms with Gasteiger partial charge in [-0.05, 0) is 49.7 Å². The summed E-state index contributed by atoms with van der Waals surface area (Å²) in [4.78, 5) is 17.5. The van der Waals surface area contributed by atoms with Crippen LogP contribution in [0.5, 0.6) is 0 Å². The SMILES string of the molecule is Cc1ccc(C(=O)Nc2c(-c3ccc(Cl)cc3)nc3ccc(C)cn23)cc1. The molecule has 2 aromatic heterocycles. The minimum Gasteiger partial charge on any atom is -0.306 e. The largest absolute Gasteiger partial charge is 0.306 e. The van der Waals surface area contributed by atoms with Crippen LogP contribution < -0.4 is 5.32 Å². The average molecular weight is 376 g/mol. The Bertz CT molecular complexity index is 1130. The molecule has 0 aliphatic rings. The molecule has 1 amide bonds. The van der Waals surface area contributed by atoms with Crippen molar-refractivity contribution in [2.75, 3.05) is 5.32 Å². The third kappa shape index (κ3) is 3.44. The van der Waals surface area contributed by atoms with Gasteiger partial charge in [-0.2, -0.15) is 0 Å². The summed E-state index contributed by atoms with van der Waals surface area (Å²) in [5.41, 5.74) is 5.15. The Morgan fingerprint density at radius 1 is 0.926 bits per heavy atom. The molecule has 0 fully saturated rings. The van der Waals surface area contributed by atoms with Gasteiger partial charge in [0.25, 0.3) is 5.91 Å². The van der Waals surface area contributed by atoms with E-state index in [9.17, 15) is 4.79 Å². The fourth-order valence-electron chi connectivity index (χ4n) is 2.96. The van der Waals surface area contributed by atoms with E-state index in [1.807, 2.05) is 85.1 Å². The van der Waals surface area contributed by atoms with E-state index in [0.29, 0.717) is 22.1 Å². The van der Waals surface area contributed by atoms with E-state index >= 15 is 0 Å². The van der Waals surface area contributed by atoms with Gasteiger partial charge in [-0.25, -0.2) is 4.98 Å². The average Bonchev–Trinajstić information content (AvgIpc) is 3.00. The summed E-state index contributed by atoms with van der Waals surface area (Å²) in [5, 5.41) is 3.69. The molecule has 5 heteroatoms.